The molecule has 0 aromatic carbocycles. The van der Waals surface area contributed by atoms with Crippen molar-refractivity contribution in [3.8, 4) is 0 Å². The molecule has 2 fully saturated rings. The summed E-state index contributed by atoms with van der Waals surface area (Å²) in [5, 5.41) is 8.71. The van der Waals surface area contributed by atoms with Crippen molar-refractivity contribution in [2.24, 2.45) is 5.41 Å². The van der Waals surface area contributed by atoms with E-state index in [0.29, 0.717) is 0 Å². The second-order valence-corrected chi connectivity index (χ2v) is 6.37. The molecule has 1 saturated carbocycles. The molecule has 2 aliphatic rings. The molecule has 0 aromatic heterocycles. The fourth-order valence-electron chi connectivity index (χ4n) is 3.40. The number of epoxide rings is 1. The summed E-state index contributed by atoms with van der Waals surface area (Å²) in [4.78, 5) is 10.6. The van der Waals surface area contributed by atoms with Gasteiger partial charge in [0, 0.05) is 11.5 Å². The van der Waals surface area contributed by atoms with Gasteiger partial charge in [0.15, 0.2) is 0 Å². The highest BCUT2D eigenvalue weighted by molar-refractivity contribution is 5.81. The number of fused-ring (bicyclic) bond motifs is 1. The Kier molecular flexibility index (Phi) is 2.93. The van der Waals surface area contributed by atoms with Crippen LogP contribution in [0.5, 0.6) is 0 Å². The van der Waals surface area contributed by atoms with Crippen molar-refractivity contribution in [1.29, 1.82) is 0 Å². The topological polar surface area (TPSA) is 49.8 Å². The zero-order valence-corrected chi connectivity index (χ0v) is 11.6. The molecule has 0 amide bonds. The largest absolute Gasteiger partial charge is 0.478 e. The fourth-order valence-corrected chi connectivity index (χ4v) is 3.40. The molecule has 0 radical (unpaired) electrons. The van der Waals surface area contributed by atoms with E-state index < -0.39 is 5.97 Å². The highest BCUT2D eigenvalue weighted by atomic mass is 16.6. The number of hydrogen-bond acceptors (Lipinski definition) is 2. The molecule has 0 unspecified atom stereocenters. The fraction of sp³-hybridized carbons (Fsp3) is 0.667. The number of allylic oxidation sites excluding steroid dienone is 2. The van der Waals surface area contributed by atoms with Gasteiger partial charge in [0.2, 0.25) is 0 Å². The molecular weight excluding hydrogens is 228 g/mol. The van der Waals surface area contributed by atoms with Gasteiger partial charge < -0.3 is 9.84 Å². The lowest BCUT2D eigenvalue weighted by molar-refractivity contribution is -0.131. The van der Waals surface area contributed by atoms with E-state index in [1.807, 2.05) is 6.08 Å². The SMILES string of the molecule is CC(=C/C(=O)O)/C=C/[C@]12O[C@@]1(C)CCCC2(C)C. The molecule has 2 rings (SSSR count). The molecule has 3 heteroatoms. The summed E-state index contributed by atoms with van der Waals surface area (Å²) in [6.45, 7) is 8.43. The van der Waals surface area contributed by atoms with Crippen LogP contribution in [0.2, 0.25) is 0 Å². The van der Waals surface area contributed by atoms with Crippen molar-refractivity contribution < 1.29 is 14.6 Å². The van der Waals surface area contributed by atoms with Crippen LogP contribution in [-0.4, -0.2) is 22.3 Å². The molecule has 3 nitrogen and oxygen atoms in total. The zero-order chi connectivity index (χ0) is 13.6. The van der Waals surface area contributed by atoms with Crippen molar-refractivity contribution in [2.45, 2.75) is 58.2 Å². The van der Waals surface area contributed by atoms with E-state index in [4.69, 9.17) is 9.84 Å². The predicted octanol–water partition coefficient (Wildman–Crippen LogP) is 3.31. The van der Waals surface area contributed by atoms with Crippen molar-refractivity contribution in [1.82, 2.24) is 0 Å². The van der Waals surface area contributed by atoms with Gasteiger partial charge in [-0.25, -0.2) is 4.79 Å². The lowest BCUT2D eigenvalue weighted by atomic mass is 9.64. The molecule has 0 aromatic rings. The number of hydrogen-bond donors (Lipinski definition) is 1. The normalized spacial score (nSPS) is 38.6. The van der Waals surface area contributed by atoms with E-state index in [1.165, 1.54) is 12.5 Å². The van der Waals surface area contributed by atoms with Crippen molar-refractivity contribution in [2.75, 3.05) is 0 Å². The van der Waals surface area contributed by atoms with E-state index in [1.54, 1.807) is 6.92 Å². The lowest BCUT2D eigenvalue weighted by Gasteiger charge is -2.36. The van der Waals surface area contributed by atoms with Crippen molar-refractivity contribution >= 4 is 5.97 Å². The first-order valence-electron chi connectivity index (χ1n) is 6.53. The summed E-state index contributed by atoms with van der Waals surface area (Å²) in [5.74, 6) is -0.906. The molecule has 2 atom stereocenters. The third-order valence-electron chi connectivity index (χ3n) is 4.52. The maximum atomic E-state index is 10.6. The second-order valence-electron chi connectivity index (χ2n) is 6.37. The smallest absolute Gasteiger partial charge is 0.328 e. The highest BCUT2D eigenvalue weighted by Gasteiger charge is 2.73. The van der Waals surface area contributed by atoms with E-state index in [0.717, 1.165) is 18.4 Å². The second kappa shape index (κ2) is 3.95. The minimum Gasteiger partial charge on any atom is -0.478 e. The highest BCUT2D eigenvalue weighted by Crippen LogP contribution is 2.66. The average Bonchev–Trinajstić information content (AvgIpc) is 2.82. The summed E-state index contributed by atoms with van der Waals surface area (Å²) in [7, 11) is 0. The molecule has 1 aliphatic carbocycles. The van der Waals surface area contributed by atoms with Crippen molar-refractivity contribution in [3.05, 3.63) is 23.8 Å². The van der Waals surface area contributed by atoms with Gasteiger partial charge in [-0.15, -0.1) is 0 Å². The standard InChI is InChI=1S/C15H22O3/c1-11(10-12(16)17)6-9-15-13(2,3)7-5-8-14(15,4)18-15/h6,9-10H,5,7-8H2,1-4H3,(H,16,17)/b9-6+,11-10-/t14-,15+/m0/s1. The first kappa shape index (κ1) is 13.3. The molecule has 18 heavy (non-hydrogen) atoms. The predicted molar refractivity (Wildman–Crippen MR) is 70.4 cm³/mol. The molecule has 0 spiro atoms. The zero-order valence-electron chi connectivity index (χ0n) is 11.6. The Morgan fingerprint density at radius 3 is 2.50 bits per heavy atom. The minimum atomic E-state index is -0.906. The van der Waals surface area contributed by atoms with Crippen LogP contribution in [-0.2, 0) is 9.53 Å². The molecule has 0 bridgehead atoms. The van der Waals surface area contributed by atoms with E-state index >= 15 is 0 Å². The van der Waals surface area contributed by atoms with Gasteiger partial charge in [0.05, 0.1) is 5.60 Å². The van der Waals surface area contributed by atoms with Crippen LogP contribution in [0.1, 0.15) is 47.0 Å². The number of aliphatic carboxylic acids is 1. The number of rotatable bonds is 3. The first-order valence-corrected chi connectivity index (χ1v) is 6.53. The summed E-state index contributed by atoms with van der Waals surface area (Å²) >= 11 is 0. The number of ether oxygens (including phenoxy) is 1. The van der Waals surface area contributed by atoms with Gasteiger partial charge >= 0.3 is 5.97 Å². The van der Waals surface area contributed by atoms with Crippen molar-refractivity contribution in [3.63, 3.8) is 0 Å². The molecular formula is C15H22O3. The number of carboxylic acid groups (broad SMARTS) is 1. The average molecular weight is 250 g/mol. The quantitative estimate of drug-likeness (QED) is 0.475. The Labute approximate surface area is 109 Å². The van der Waals surface area contributed by atoms with Gasteiger partial charge in [-0.1, -0.05) is 19.9 Å². The van der Waals surface area contributed by atoms with Crippen LogP contribution in [0.15, 0.2) is 23.8 Å². The van der Waals surface area contributed by atoms with Crippen LogP contribution in [0, 0.1) is 5.41 Å². The Hall–Kier alpha value is -1.09. The van der Waals surface area contributed by atoms with Crippen LogP contribution >= 0.6 is 0 Å². The molecule has 1 N–H and O–H groups in total. The first-order chi connectivity index (χ1) is 8.22. The van der Waals surface area contributed by atoms with E-state index in [9.17, 15) is 4.79 Å². The maximum absolute atomic E-state index is 10.6. The Morgan fingerprint density at radius 2 is 1.94 bits per heavy atom. The molecule has 1 aliphatic heterocycles. The van der Waals surface area contributed by atoms with Gasteiger partial charge in [-0.05, 0) is 44.8 Å². The van der Waals surface area contributed by atoms with Crippen LogP contribution in [0.4, 0.5) is 0 Å². The van der Waals surface area contributed by atoms with E-state index in [2.05, 4.69) is 26.8 Å². The molecule has 1 saturated heterocycles. The van der Waals surface area contributed by atoms with Crippen LogP contribution in [0.25, 0.3) is 0 Å². The van der Waals surface area contributed by atoms with Gasteiger partial charge in [-0.2, -0.15) is 0 Å². The van der Waals surface area contributed by atoms with Crippen LogP contribution < -0.4 is 0 Å². The van der Waals surface area contributed by atoms with Gasteiger partial charge in [0.25, 0.3) is 0 Å². The summed E-state index contributed by atoms with van der Waals surface area (Å²) in [5.41, 5.74) is 0.580. The molecule has 1 heterocycles. The van der Waals surface area contributed by atoms with E-state index in [-0.39, 0.29) is 16.6 Å². The maximum Gasteiger partial charge on any atom is 0.328 e. The Bertz CT molecular complexity index is 433. The Morgan fingerprint density at radius 1 is 1.28 bits per heavy atom. The third kappa shape index (κ3) is 1.91. The monoisotopic (exact) mass is 250 g/mol. The Balaban J connectivity index is 2.23. The number of carboxylic acids is 1. The van der Waals surface area contributed by atoms with Gasteiger partial charge in [-0.3, -0.25) is 0 Å². The minimum absolute atomic E-state index is 0.0608. The molecule has 100 valence electrons. The summed E-state index contributed by atoms with van der Waals surface area (Å²) in [6, 6.07) is 0. The lowest BCUT2D eigenvalue weighted by Crippen LogP contribution is -2.41. The number of carbonyl (C=O) groups is 1. The van der Waals surface area contributed by atoms with Crippen LogP contribution in [0.3, 0.4) is 0 Å². The van der Waals surface area contributed by atoms with Gasteiger partial charge in [0.1, 0.15) is 5.60 Å². The summed E-state index contributed by atoms with van der Waals surface area (Å²) in [6.07, 6.45) is 8.61. The summed E-state index contributed by atoms with van der Waals surface area (Å²) < 4.78 is 6.06. The third-order valence-corrected chi connectivity index (χ3v) is 4.52.